The number of para-hydroxylation sites is 4. The molecule has 3 aromatic rings. The van der Waals surface area contributed by atoms with Gasteiger partial charge < -0.3 is 31.8 Å². The van der Waals surface area contributed by atoms with Crippen molar-refractivity contribution in [1.82, 2.24) is 9.97 Å². The van der Waals surface area contributed by atoms with Crippen LogP contribution in [0.25, 0.3) is 11.0 Å². The number of aliphatic carboxylic acids is 3. The van der Waals surface area contributed by atoms with Crippen molar-refractivity contribution in [3.8, 4) is 0 Å². The Balaban J connectivity index is 0.000000277. The van der Waals surface area contributed by atoms with Crippen molar-refractivity contribution >= 4 is 46.1 Å². The monoisotopic (exact) mass is 472 g/mol. The van der Waals surface area contributed by atoms with Crippen molar-refractivity contribution in [3.63, 3.8) is 0 Å². The number of hydrogen-bond acceptors (Lipinski definition) is 8. The van der Waals surface area contributed by atoms with Crippen LogP contribution in [0.2, 0.25) is 0 Å². The smallest absolute Gasteiger partial charge is 0.372 e. The van der Waals surface area contributed by atoms with E-state index in [1.807, 2.05) is 18.2 Å². The Morgan fingerprint density at radius 1 is 0.794 bits per heavy atom. The first-order valence-electron chi connectivity index (χ1n) is 9.78. The quantitative estimate of drug-likeness (QED) is 0.212. The molecule has 0 aliphatic heterocycles. The molecular formula is C22H24N4O8. The van der Waals surface area contributed by atoms with E-state index in [4.69, 9.17) is 26.8 Å². The van der Waals surface area contributed by atoms with Gasteiger partial charge in [0, 0.05) is 12.8 Å². The summed E-state index contributed by atoms with van der Waals surface area (Å²) in [5.74, 6) is -4.76. The molecular weight excluding hydrogens is 448 g/mol. The number of ketones is 1. The van der Waals surface area contributed by atoms with Gasteiger partial charge in [0.25, 0.3) is 5.56 Å². The third-order valence-corrected chi connectivity index (χ3v) is 4.05. The van der Waals surface area contributed by atoms with E-state index in [0.717, 1.165) is 0 Å². The number of nitrogen functional groups attached to an aromatic ring is 2. The first-order chi connectivity index (χ1) is 16.0. The van der Waals surface area contributed by atoms with Gasteiger partial charge in [-0.2, -0.15) is 0 Å². The van der Waals surface area contributed by atoms with Crippen molar-refractivity contribution in [3.05, 3.63) is 64.6 Å². The number of carbonyl (C=O) groups is 4. The normalized spacial score (nSPS) is 9.65. The molecule has 1 heterocycles. The minimum Gasteiger partial charge on any atom is -0.481 e. The molecule has 0 aliphatic rings. The lowest BCUT2D eigenvalue weighted by Crippen LogP contribution is -2.16. The van der Waals surface area contributed by atoms with E-state index in [2.05, 4.69) is 9.97 Å². The third-order valence-electron chi connectivity index (χ3n) is 4.05. The van der Waals surface area contributed by atoms with Gasteiger partial charge in [-0.15, -0.1) is 0 Å². The van der Waals surface area contributed by atoms with E-state index >= 15 is 0 Å². The van der Waals surface area contributed by atoms with Gasteiger partial charge in [0.05, 0.1) is 35.2 Å². The Morgan fingerprint density at radius 2 is 1.32 bits per heavy atom. The number of carboxylic acids is 3. The van der Waals surface area contributed by atoms with E-state index in [-0.39, 0.29) is 24.1 Å². The second-order valence-electron chi connectivity index (χ2n) is 6.67. The number of benzene rings is 2. The number of rotatable bonds is 7. The van der Waals surface area contributed by atoms with Crippen molar-refractivity contribution in [1.29, 1.82) is 0 Å². The molecule has 2 aromatic carbocycles. The predicted octanol–water partition coefficient (Wildman–Crippen LogP) is 1.30. The molecule has 3 rings (SSSR count). The minimum atomic E-state index is -1.58. The fraction of sp³-hybridized carbons (Fsp3) is 0.182. The average Bonchev–Trinajstić information content (AvgIpc) is 2.78. The molecule has 12 heteroatoms. The zero-order valence-corrected chi connectivity index (χ0v) is 17.9. The number of aromatic nitrogens is 2. The SMILES string of the molecule is Nc1ccccc1N.O=C(O)CCC(=O)C(=O)O.O=C(O)CCc1nc2ccccc2[nH]c1=O. The fourth-order valence-corrected chi connectivity index (χ4v) is 2.30. The molecule has 180 valence electrons. The van der Waals surface area contributed by atoms with E-state index in [1.54, 1.807) is 30.3 Å². The van der Waals surface area contributed by atoms with E-state index < -0.39 is 36.5 Å². The summed E-state index contributed by atoms with van der Waals surface area (Å²) >= 11 is 0. The van der Waals surface area contributed by atoms with Crippen molar-refractivity contribution < 1.29 is 34.5 Å². The van der Waals surface area contributed by atoms with Gasteiger partial charge in [-0.1, -0.05) is 24.3 Å². The number of aryl methyl sites for hydroxylation is 1. The average molecular weight is 472 g/mol. The Bertz CT molecular complexity index is 1200. The maximum atomic E-state index is 11.5. The van der Waals surface area contributed by atoms with Crippen LogP contribution in [0, 0.1) is 0 Å². The molecule has 0 atom stereocenters. The Kier molecular flexibility index (Phi) is 10.9. The van der Waals surface area contributed by atoms with Crippen LogP contribution >= 0.6 is 0 Å². The van der Waals surface area contributed by atoms with Crippen LogP contribution in [0.5, 0.6) is 0 Å². The van der Waals surface area contributed by atoms with Crippen molar-refractivity contribution in [2.75, 3.05) is 11.5 Å². The Morgan fingerprint density at radius 3 is 1.82 bits per heavy atom. The molecule has 0 fully saturated rings. The van der Waals surface area contributed by atoms with Gasteiger partial charge in [-0.25, -0.2) is 9.78 Å². The van der Waals surface area contributed by atoms with Crippen LogP contribution in [0.15, 0.2) is 53.3 Å². The summed E-state index contributed by atoms with van der Waals surface area (Å²) in [6.45, 7) is 0. The molecule has 8 N–H and O–H groups in total. The van der Waals surface area contributed by atoms with E-state index in [1.165, 1.54) is 0 Å². The summed E-state index contributed by atoms with van der Waals surface area (Å²) in [4.78, 5) is 58.5. The van der Waals surface area contributed by atoms with Crippen LogP contribution in [0.4, 0.5) is 11.4 Å². The number of Topliss-reactive ketones (excluding diaryl/α,β-unsaturated/α-hetero) is 1. The van der Waals surface area contributed by atoms with Crippen LogP contribution in [0.3, 0.4) is 0 Å². The number of nitrogens with one attached hydrogen (secondary N) is 1. The van der Waals surface area contributed by atoms with Crippen LogP contribution in [0.1, 0.15) is 25.0 Å². The number of carbonyl (C=O) groups excluding carboxylic acids is 1. The second-order valence-corrected chi connectivity index (χ2v) is 6.67. The first kappa shape index (κ1) is 27.3. The lowest BCUT2D eigenvalue weighted by molar-refractivity contribution is -0.149. The minimum absolute atomic E-state index is 0.0889. The molecule has 0 aliphatic carbocycles. The molecule has 0 saturated carbocycles. The van der Waals surface area contributed by atoms with E-state index in [9.17, 15) is 24.0 Å². The molecule has 0 amide bonds. The van der Waals surface area contributed by atoms with E-state index in [0.29, 0.717) is 22.4 Å². The number of aromatic amines is 1. The topological polar surface area (TPSA) is 227 Å². The highest BCUT2D eigenvalue weighted by atomic mass is 16.4. The number of carboxylic acid groups (broad SMARTS) is 3. The summed E-state index contributed by atoms with van der Waals surface area (Å²) in [5.41, 5.74) is 13.4. The van der Waals surface area contributed by atoms with Crippen molar-refractivity contribution in [2.24, 2.45) is 0 Å². The standard InChI is InChI=1S/C11H10N2O3.C6H8N2.C5H6O5/c14-10(15)6-5-9-11(16)13-8-4-2-1-3-7(8)12-9;7-5-3-1-2-4-6(5)8;6-3(5(9)10)1-2-4(7)8/h1-4H,5-6H2,(H,13,16)(H,14,15);1-4H,7-8H2;1-2H2,(H,7,8)(H,9,10). The van der Waals surface area contributed by atoms with Crippen LogP contribution in [-0.2, 0) is 25.6 Å². The van der Waals surface area contributed by atoms with Gasteiger partial charge in [-0.05, 0) is 24.3 Å². The summed E-state index contributed by atoms with van der Waals surface area (Å²) in [6, 6.07) is 14.4. The molecule has 0 saturated heterocycles. The molecule has 0 bridgehead atoms. The number of hydrogen-bond donors (Lipinski definition) is 6. The molecule has 0 radical (unpaired) electrons. The van der Waals surface area contributed by atoms with Crippen molar-refractivity contribution in [2.45, 2.75) is 25.7 Å². The Labute approximate surface area is 192 Å². The summed E-state index contributed by atoms with van der Waals surface area (Å²) in [7, 11) is 0. The fourth-order valence-electron chi connectivity index (χ4n) is 2.30. The highest BCUT2D eigenvalue weighted by Gasteiger charge is 2.12. The van der Waals surface area contributed by atoms with Gasteiger partial charge in [0.1, 0.15) is 5.69 Å². The molecule has 12 nitrogen and oxygen atoms in total. The summed E-state index contributed by atoms with van der Waals surface area (Å²) < 4.78 is 0. The predicted molar refractivity (Wildman–Crippen MR) is 123 cm³/mol. The number of nitrogens with zero attached hydrogens (tertiary/aromatic N) is 1. The van der Waals surface area contributed by atoms with Gasteiger partial charge >= 0.3 is 17.9 Å². The first-order valence-corrected chi connectivity index (χ1v) is 9.78. The number of anilines is 2. The van der Waals surface area contributed by atoms with Gasteiger partial charge in [0.15, 0.2) is 0 Å². The number of fused-ring (bicyclic) bond motifs is 1. The maximum Gasteiger partial charge on any atom is 0.372 e. The number of nitrogens with two attached hydrogens (primary N) is 2. The molecule has 0 unspecified atom stereocenters. The lowest BCUT2D eigenvalue weighted by atomic mass is 10.2. The Hall–Kier alpha value is -4.74. The third kappa shape index (κ3) is 10.0. The van der Waals surface area contributed by atoms with Crippen LogP contribution in [-0.4, -0.2) is 49.0 Å². The lowest BCUT2D eigenvalue weighted by Gasteiger charge is -2.00. The highest BCUT2D eigenvalue weighted by Crippen LogP contribution is 2.10. The van der Waals surface area contributed by atoms with Crippen LogP contribution < -0.4 is 17.0 Å². The van der Waals surface area contributed by atoms with Gasteiger partial charge in [0.2, 0.25) is 5.78 Å². The maximum absolute atomic E-state index is 11.5. The largest absolute Gasteiger partial charge is 0.481 e. The zero-order valence-electron chi connectivity index (χ0n) is 17.9. The molecule has 1 aromatic heterocycles. The molecule has 0 spiro atoms. The van der Waals surface area contributed by atoms with Gasteiger partial charge in [-0.3, -0.25) is 19.2 Å². The second kappa shape index (κ2) is 13.6. The summed E-state index contributed by atoms with van der Waals surface area (Å²) in [6.07, 6.45) is -0.806. The zero-order chi connectivity index (χ0) is 25.7. The molecule has 34 heavy (non-hydrogen) atoms. The summed E-state index contributed by atoms with van der Waals surface area (Å²) in [5, 5.41) is 24.5. The highest BCUT2D eigenvalue weighted by molar-refractivity contribution is 6.32. The number of H-pyrrole nitrogens is 1.